The molecule has 7 nitrogen and oxygen atoms in total. The zero-order chi connectivity index (χ0) is 17.6. The van der Waals surface area contributed by atoms with Gasteiger partial charge in [0, 0.05) is 12.1 Å². The summed E-state index contributed by atoms with van der Waals surface area (Å²) < 4.78 is 7.34. The molecule has 25 heavy (non-hydrogen) atoms. The number of rotatable bonds is 6. The lowest BCUT2D eigenvalue weighted by molar-refractivity contribution is 0.102. The van der Waals surface area contributed by atoms with Crippen LogP contribution in [0.1, 0.15) is 23.1 Å². The Morgan fingerprint density at radius 2 is 2.08 bits per heavy atom. The van der Waals surface area contributed by atoms with E-state index in [0.717, 1.165) is 0 Å². The highest BCUT2D eigenvalue weighted by molar-refractivity contribution is 6.33. The van der Waals surface area contributed by atoms with E-state index >= 15 is 0 Å². The Bertz CT molecular complexity index is 881. The van der Waals surface area contributed by atoms with Gasteiger partial charge in [-0.1, -0.05) is 29.8 Å². The van der Waals surface area contributed by atoms with Crippen LogP contribution in [0.15, 0.2) is 48.5 Å². The number of para-hydroxylation sites is 1. The fourth-order valence-corrected chi connectivity index (χ4v) is 2.39. The molecule has 0 aliphatic rings. The Hall–Kier alpha value is -2.93. The molecule has 0 radical (unpaired) electrons. The van der Waals surface area contributed by atoms with E-state index in [9.17, 15) is 4.79 Å². The SMILES string of the molecule is CCn1nnnc1COc1cccc(C(=O)Nc2ccccc2Cl)c1. The Labute approximate surface area is 149 Å². The molecule has 0 saturated carbocycles. The average molecular weight is 358 g/mol. The third kappa shape index (κ3) is 4.13. The van der Waals surface area contributed by atoms with Gasteiger partial charge in [-0.05, 0) is 47.7 Å². The number of anilines is 1. The van der Waals surface area contributed by atoms with Crippen LogP contribution in [0.25, 0.3) is 0 Å². The first kappa shape index (κ1) is 16.9. The molecule has 0 aliphatic carbocycles. The van der Waals surface area contributed by atoms with Gasteiger partial charge in [-0.25, -0.2) is 4.68 Å². The number of amides is 1. The van der Waals surface area contributed by atoms with E-state index in [1.807, 2.05) is 6.92 Å². The number of carbonyl (C=O) groups is 1. The highest BCUT2D eigenvalue weighted by Gasteiger charge is 2.10. The fourth-order valence-electron chi connectivity index (χ4n) is 2.20. The molecule has 1 heterocycles. The van der Waals surface area contributed by atoms with Crippen molar-refractivity contribution in [1.82, 2.24) is 20.2 Å². The highest BCUT2D eigenvalue weighted by atomic mass is 35.5. The van der Waals surface area contributed by atoms with Gasteiger partial charge < -0.3 is 10.1 Å². The quantitative estimate of drug-likeness (QED) is 0.732. The second-order valence-electron chi connectivity index (χ2n) is 5.16. The molecule has 2 aromatic carbocycles. The number of aryl methyl sites for hydroxylation is 1. The minimum absolute atomic E-state index is 0.219. The maximum Gasteiger partial charge on any atom is 0.255 e. The van der Waals surface area contributed by atoms with Crippen LogP contribution in [0.2, 0.25) is 5.02 Å². The molecule has 0 bridgehead atoms. The van der Waals surface area contributed by atoms with Crippen molar-refractivity contribution in [2.24, 2.45) is 0 Å². The maximum atomic E-state index is 12.4. The van der Waals surface area contributed by atoms with E-state index in [4.69, 9.17) is 16.3 Å². The smallest absolute Gasteiger partial charge is 0.255 e. The average Bonchev–Trinajstić information content (AvgIpc) is 3.09. The van der Waals surface area contributed by atoms with Crippen LogP contribution in [0.5, 0.6) is 5.75 Å². The summed E-state index contributed by atoms with van der Waals surface area (Å²) in [6.07, 6.45) is 0. The van der Waals surface area contributed by atoms with Gasteiger partial charge in [-0.2, -0.15) is 0 Å². The van der Waals surface area contributed by atoms with E-state index in [-0.39, 0.29) is 12.5 Å². The number of hydrogen-bond acceptors (Lipinski definition) is 5. The number of halogens is 1. The molecule has 0 unspecified atom stereocenters. The topological polar surface area (TPSA) is 81.9 Å². The van der Waals surface area contributed by atoms with Gasteiger partial charge in [0.25, 0.3) is 5.91 Å². The molecule has 128 valence electrons. The van der Waals surface area contributed by atoms with E-state index in [0.29, 0.717) is 34.4 Å². The van der Waals surface area contributed by atoms with Gasteiger partial charge >= 0.3 is 0 Å². The van der Waals surface area contributed by atoms with Gasteiger partial charge in [0.05, 0.1) is 10.7 Å². The molecular weight excluding hydrogens is 342 g/mol. The van der Waals surface area contributed by atoms with Crippen molar-refractivity contribution in [3.05, 3.63) is 64.9 Å². The number of aromatic nitrogens is 4. The summed E-state index contributed by atoms with van der Waals surface area (Å²) in [5.41, 5.74) is 1.02. The number of nitrogens with zero attached hydrogens (tertiary/aromatic N) is 4. The second-order valence-corrected chi connectivity index (χ2v) is 5.57. The first-order valence-electron chi connectivity index (χ1n) is 7.71. The zero-order valence-electron chi connectivity index (χ0n) is 13.5. The van der Waals surface area contributed by atoms with Gasteiger partial charge in [0.2, 0.25) is 0 Å². The van der Waals surface area contributed by atoms with Gasteiger partial charge in [-0.15, -0.1) is 5.10 Å². The molecule has 3 rings (SSSR count). The van der Waals surface area contributed by atoms with Crippen LogP contribution in [0, 0.1) is 0 Å². The van der Waals surface area contributed by atoms with Gasteiger partial charge in [0.1, 0.15) is 12.4 Å². The zero-order valence-corrected chi connectivity index (χ0v) is 14.3. The van der Waals surface area contributed by atoms with Crippen LogP contribution < -0.4 is 10.1 Å². The Kier molecular flexibility index (Phi) is 5.25. The summed E-state index contributed by atoms with van der Waals surface area (Å²) in [4.78, 5) is 12.4. The normalized spacial score (nSPS) is 10.5. The molecule has 1 N–H and O–H groups in total. The predicted molar refractivity (Wildman–Crippen MR) is 93.7 cm³/mol. The van der Waals surface area contributed by atoms with E-state index in [1.165, 1.54) is 0 Å². The monoisotopic (exact) mass is 357 g/mol. The third-order valence-corrected chi connectivity index (χ3v) is 3.82. The number of ether oxygens (including phenoxy) is 1. The van der Waals surface area contributed by atoms with Crippen molar-refractivity contribution in [1.29, 1.82) is 0 Å². The van der Waals surface area contributed by atoms with Gasteiger partial charge in [-0.3, -0.25) is 4.79 Å². The molecule has 0 aliphatic heterocycles. The number of nitrogens with one attached hydrogen (secondary N) is 1. The van der Waals surface area contributed by atoms with Crippen molar-refractivity contribution in [3.63, 3.8) is 0 Å². The molecule has 0 atom stereocenters. The Morgan fingerprint density at radius 1 is 1.24 bits per heavy atom. The van der Waals surface area contributed by atoms with E-state index < -0.39 is 0 Å². The van der Waals surface area contributed by atoms with Crippen LogP contribution in [-0.4, -0.2) is 26.1 Å². The van der Waals surface area contributed by atoms with E-state index in [2.05, 4.69) is 20.8 Å². The van der Waals surface area contributed by atoms with Crippen molar-refractivity contribution in [2.45, 2.75) is 20.1 Å². The molecule has 0 spiro atoms. The Morgan fingerprint density at radius 3 is 2.88 bits per heavy atom. The second kappa shape index (κ2) is 7.76. The predicted octanol–water partition coefficient (Wildman–Crippen LogP) is 3.18. The first-order chi connectivity index (χ1) is 12.2. The van der Waals surface area contributed by atoms with Crippen LogP contribution >= 0.6 is 11.6 Å². The number of benzene rings is 2. The molecule has 0 fully saturated rings. The summed E-state index contributed by atoms with van der Waals surface area (Å²) >= 11 is 6.06. The summed E-state index contributed by atoms with van der Waals surface area (Å²) in [5, 5.41) is 14.6. The van der Waals surface area contributed by atoms with Crippen molar-refractivity contribution in [3.8, 4) is 5.75 Å². The van der Waals surface area contributed by atoms with Crippen LogP contribution in [0.4, 0.5) is 5.69 Å². The van der Waals surface area contributed by atoms with Crippen LogP contribution in [0.3, 0.4) is 0 Å². The standard InChI is InChI=1S/C17H16ClN5O2/c1-2-23-16(20-21-22-23)11-25-13-7-5-6-12(10-13)17(24)19-15-9-4-3-8-14(15)18/h3-10H,2,11H2,1H3,(H,19,24). The maximum absolute atomic E-state index is 12.4. The summed E-state index contributed by atoms with van der Waals surface area (Å²) in [5.74, 6) is 0.905. The fraction of sp³-hybridized carbons (Fsp3) is 0.176. The molecule has 0 saturated heterocycles. The molecule has 8 heteroatoms. The minimum Gasteiger partial charge on any atom is -0.486 e. The van der Waals surface area contributed by atoms with Crippen molar-refractivity contribution >= 4 is 23.2 Å². The summed E-state index contributed by atoms with van der Waals surface area (Å²) in [6.45, 7) is 2.82. The molecule has 1 amide bonds. The first-order valence-corrected chi connectivity index (χ1v) is 8.09. The Balaban J connectivity index is 1.68. The van der Waals surface area contributed by atoms with Crippen LogP contribution in [-0.2, 0) is 13.2 Å². The van der Waals surface area contributed by atoms with E-state index in [1.54, 1.807) is 53.2 Å². The minimum atomic E-state index is -0.267. The lowest BCUT2D eigenvalue weighted by atomic mass is 10.2. The lowest BCUT2D eigenvalue weighted by Crippen LogP contribution is -2.12. The molecule has 3 aromatic rings. The summed E-state index contributed by atoms with van der Waals surface area (Å²) in [6, 6.07) is 13.9. The number of hydrogen-bond donors (Lipinski definition) is 1. The van der Waals surface area contributed by atoms with Gasteiger partial charge in [0.15, 0.2) is 5.82 Å². The number of tetrazole rings is 1. The molecular formula is C17H16ClN5O2. The summed E-state index contributed by atoms with van der Waals surface area (Å²) in [7, 11) is 0. The highest BCUT2D eigenvalue weighted by Crippen LogP contribution is 2.22. The lowest BCUT2D eigenvalue weighted by Gasteiger charge is -2.09. The molecule has 1 aromatic heterocycles. The number of carbonyl (C=O) groups excluding carboxylic acids is 1. The third-order valence-electron chi connectivity index (χ3n) is 3.49. The largest absolute Gasteiger partial charge is 0.486 e. The van der Waals surface area contributed by atoms with Crippen molar-refractivity contribution in [2.75, 3.05) is 5.32 Å². The van der Waals surface area contributed by atoms with Crippen molar-refractivity contribution < 1.29 is 9.53 Å².